The molecule has 0 radical (unpaired) electrons. The fraction of sp³-hybridized carbons (Fsp3) is 0.364. The number of carbonyl (C=O) groups is 1. The van der Waals surface area contributed by atoms with Gasteiger partial charge in [0.1, 0.15) is 18.2 Å². The highest BCUT2D eigenvalue weighted by molar-refractivity contribution is 5.77. The molecule has 0 N–H and O–H groups in total. The molecule has 1 aliphatic heterocycles. The molecule has 5 heteroatoms. The van der Waals surface area contributed by atoms with Crippen LogP contribution in [0.15, 0.2) is 48.5 Å². The number of carbonyl (C=O) groups excluding carboxylic acids is 1. The van der Waals surface area contributed by atoms with Crippen LogP contribution in [-0.4, -0.2) is 33.5 Å². The summed E-state index contributed by atoms with van der Waals surface area (Å²) in [5.41, 5.74) is 3.20. The zero-order valence-corrected chi connectivity index (χ0v) is 15.9. The Morgan fingerprint density at radius 1 is 1.19 bits per heavy atom. The molecule has 1 fully saturated rings. The number of likely N-dealkylation sites (tertiary alicyclic amines) is 1. The first-order valence-corrected chi connectivity index (χ1v) is 9.56. The lowest BCUT2D eigenvalue weighted by atomic mass is 10.2. The Hall–Kier alpha value is -2.82. The van der Waals surface area contributed by atoms with E-state index in [4.69, 9.17) is 9.72 Å². The lowest BCUT2D eigenvalue weighted by Crippen LogP contribution is -2.30. The van der Waals surface area contributed by atoms with Gasteiger partial charge in [-0.3, -0.25) is 4.79 Å². The summed E-state index contributed by atoms with van der Waals surface area (Å²) in [7, 11) is 0. The summed E-state index contributed by atoms with van der Waals surface area (Å²) in [6.07, 6.45) is 1.98. The number of hydrogen-bond donors (Lipinski definition) is 0. The van der Waals surface area contributed by atoms with E-state index in [-0.39, 0.29) is 11.9 Å². The number of hydrogen-bond acceptors (Lipinski definition) is 3. The molecular formula is C22H25N3O2. The lowest BCUT2D eigenvalue weighted by Gasteiger charge is -2.24. The van der Waals surface area contributed by atoms with E-state index in [1.54, 1.807) is 6.92 Å². The highest BCUT2D eigenvalue weighted by Crippen LogP contribution is 2.33. The van der Waals surface area contributed by atoms with E-state index in [9.17, 15) is 4.79 Å². The van der Waals surface area contributed by atoms with Gasteiger partial charge in [-0.1, -0.05) is 30.3 Å². The summed E-state index contributed by atoms with van der Waals surface area (Å²) in [5, 5.41) is 0. The van der Waals surface area contributed by atoms with Crippen LogP contribution in [0.3, 0.4) is 0 Å². The van der Waals surface area contributed by atoms with E-state index < -0.39 is 0 Å². The van der Waals surface area contributed by atoms with E-state index in [1.807, 2.05) is 41.3 Å². The van der Waals surface area contributed by atoms with Gasteiger partial charge in [0.15, 0.2) is 0 Å². The smallest absolute Gasteiger partial charge is 0.220 e. The minimum atomic E-state index is 0.0494. The molecule has 3 aromatic rings. The Bertz CT molecular complexity index is 963. The monoisotopic (exact) mass is 363 g/mol. The van der Waals surface area contributed by atoms with E-state index in [1.165, 1.54) is 0 Å². The van der Waals surface area contributed by atoms with E-state index >= 15 is 0 Å². The van der Waals surface area contributed by atoms with Gasteiger partial charge in [-0.2, -0.15) is 0 Å². The Morgan fingerprint density at radius 3 is 2.78 bits per heavy atom. The Labute approximate surface area is 159 Å². The number of benzene rings is 2. The molecule has 140 valence electrons. The molecular weight excluding hydrogens is 338 g/mol. The molecule has 0 aliphatic carbocycles. The van der Waals surface area contributed by atoms with Crippen LogP contribution in [0.5, 0.6) is 5.75 Å². The Morgan fingerprint density at radius 2 is 1.96 bits per heavy atom. The van der Waals surface area contributed by atoms with Crippen molar-refractivity contribution in [3.8, 4) is 5.75 Å². The van der Waals surface area contributed by atoms with Crippen LogP contribution in [0.4, 0.5) is 0 Å². The number of ether oxygens (including phenoxy) is 1. The van der Waals surface area contributed by atoms with Crippen LogP contribution in [0.1, 0.15) is 37.2 Å². The van der Waals surface area contributed by atoms with Crippen LogP contribution < -0.4 is 4.74 Å². The van der Waals surface area contributed by atoms with E-state index in [0.717, 1.165) is 47.6 Å². The highest BCUT2D eigenvalue weighted by Gasteiger charge is 2.32. The normalized spacial score (nSPS) is 16.8. The number of para-hydroxylation sites is 3. The first-order valence-electron chi connectivity index (χ1n) is 9.56. The standard InChI is InChI=1S/C22H25N3O2/c1-16-8-3-6-12-21(16)27-15-14-25-19-10-5-4-9-18(19)23-22(25)20-11-7-13-24(20)17(2)26/h3-6,8-10,12,20H,7,11,13-15H2,1-2H3. The number of aryl methyl sites for hydroxylation is 1. The summed E-state index contributed by atoms with van der Waals surface area (Å²) in [6, 6.07) is 16.3. The van der Waals surface area contributed by atoms with Crippen molar-refractivity contribution in [3.05, 3.63) is 59.9 Å². The SMILES string of the molecule is CC(=O)N1CCCC1c1nc2ccccc2n1CCOc1ccccc1C. The second-order valence-corrected chi connectivity index (χ2v) is 7.09. The van der Waals surface area contributed by atoms with Gasteiger partial charge in [-0.05, 0) is 43.5 Å². The highest BCUT2D eigenvalue weighted by atomic mass is 16.5. The third-order valence-corrected chi connectivity index (χ3v) is 5.31. The number of fused-ring (bicyclic) bond motifs is 1. The molecule has 0 bridgehead atoms. The second kappa shape index (κ2) is 7.43. The van der Waals surface area contributed by atoms with E-state index in [2.05, 4.69) is 23.6 Å². The average Bonchev–Trinajstić information content (AvgIpc) is 3.28. The number of amides is 1. The van der Waals surface area contributed by atoms with Crippen LogP contribution in [0, 0.1) is 6.92 Å². The molecule has 2 aromatic carbocycles. The molecule has 4 rings (SSSR count). The topological polar surface area (TPSA) is 47.4 Å². The van der Waals surface area contributed by atoms with Crippen LogP contribution in [-0.2, 0) is 11.3 Å². The maximum absolute atomic E-state index is 12.1. The first kappa shape index (κ1) is 17.6. The van der Waals surface area contributed by atoms with Crippen molar-refractivity contribution in [1.29, 1.82) is 0 Å². The van der Waals surface area contributed by atoms with E-state index in [0.29, 0.717) is 13.2 Å². The summed E-state index contributed by atoms with van der Waals surface area (Å²) in [6.45, 7) is 5.77. The predicted molar refractivity (Wildman–Crippen MR) is 106 cm³/mol. The number of imidazole rings is 1. The molecule has 1 saturated heterocycles. The van der Waals surface area contributed by atoms with Crippen LogP contribution >= 0.6 is 0 Å². The fourth-order valence-electron chi connectivity index (χ4n) is 3.96. The second-order valence-electron chi connectivity index (χ2n) is 7.09. The summed E-state index contributed by atoms with van der Waals surface area (Å²) in [5.74, 6) is 2.00. The minimum Gasteiger partial charge on any atom is -0.491 e. The third-order valence-electron chi connectivity index (χ3n) is 5.31. The fourth-order valence-corrected chi connectivity index (χ4v) is 3.96. The van der Waals surface area contributed by atoms with Crippen molar-refractivity contribution in [1.82, 2.24) is 14.5 Å². The molecule has 1 amide bonds. The molecule has 0 saturated carbocycles. The Balaban J connectivity index is 1.62. The maximum Gasteiger partial charge on any atom is 0.220 e. The van der Waals surface area contributed by atoms with Crippen molar-refractivity contribution in [2.75, 3.05) is 13.2 Å². The number of nitrogens with zero attached hydrogens (tertiary/aromatic N) is 3. The summed E-state index contributed by atoms with van der Waals surface area (Å²) in [4.78, 5) is 18.9. The van der Waals surface area contributed by atoms with Crippen molar-refractivity contribution in [3.63, 3.8) is 0 Å². The quantitative estimate of drug-likeness (QED) is 0.685. The predicted octanol–water partition coefficient (Wildman–Crippen LogP) is 4.11. The molecule has 0 spiro atoms. The van der Waals surface area contributed by atoms with Gasteiger partial charge in [0.25, 0.3) is 0 Å². The summed E-state index contributed by atoms with van der Waals surface area (Å²) >= 11 is 0. The lowest BCUT2D eigenvalue weighted by molar-refractivity contribution is -0.129. The molecule has 1 aliphatic rings. The number of aromatic nitrogens is 2. The first-order chi connectivity index (χ1) is 13.1. The van der Waals surface area contributed by atoms with Gasteiger partial charge in [0.05, 0.1) is 23.6 Å². The van der Waals surface area contributed by atoms with Gasteiger partial charge < -0.3 is 14.2 Å². The zero-order valence-electron chi connectivity index (χ0n) is 15.9. The third kappa shape index (κ3) is 3.42. The van der Waals surface area contributed by atoms with Gasteiger partial charge in [0.2, 0.25) is 5.91 Å². The minimum absolute atomic E-state index is 0.0494. The molecule has 5 nitrogen and oxygen atoms in total. The number of rotatable bonds is 5. The molecule has 1 aromatic heterocycles. The van der Waals surface area contributed by atoms with Crippen LogP contribution in [0.2, 0.25) is 0 Å². The zero-order chi connectivity index (χ0) is 18.8. The van der Waals surface area contributed by atoms with Crippen molar-refractivity contribution < 1.29 is 9.53 Å². The Kier molecular flexibility index (Phi) is 4.84. The molecule has 2 heterocycles. The van der Waals surface area contributed by atoms with Gasteiger partial charge >= 0.3 is 0 Å². The van der Waals surface area contributed by atoms with Crippen molar-refractivity contribution in [2.24, 2.45) is 0 Å². The van der Waals surface area contributed by atoms with Crippen molar-refractivity contribution in [2.45, 2.75) is 39.3 Å². The van der Waals surface area contributed by atoms with Gasteiger partial charge in [-0.25, -0.2) is 4.98 Å². The molecule has 1 unspecified atom stereocenters. The molecule has 27 heavy (non-hydrogen) atoms. The maximum atomic E-state index is 12.1. The largest absolute Gasteiger partial charge is 0.491 e. The van der Waals surface area contributed by atoms with Gasteiger partial charge in [0, 0.05) is 13.5 Å². The average molecular weight is 363 g/mol. The summed E-state index contributed by atoms with van der Waals surface area (Å²) < 4.78 is 8.24. The van der Waals surface area contributed by atoms with Crippen LogP contribution in [0.25, 0.3) is 11.0 Å². The van der Waals surface area contributed by atoms with Gasteiger partial charge in [-0.15, -0.1) is 0 Å². The van der Waals surface area contributed by atoms with Crippen molar-refractivity contribution >= 4 is 16.9 Å². The molecule has 1 atom stereocenters.